The summed E-state index contributed by atoms with van der Waals surface area (Å²) in [7, 11) is 1.36. The first-order valence-corrected chi connectivity index (χ1v) is 9.94. The van der Waals surface area contributed by atoms with Crippen molar-refractivity contribution in [2.24, 2.45) is 5.92 Å². The first-order valence-electron chi connectivity index (χ1n) is 9.94. The number of benzene rings is 2. The molecule has 2 atom stereocenters. The van der Waals surface area contributed by atoms with Gasteiger partial charge < -0.3 is 19.7 Å². The largest absolute Gasteiger partial charge is 0.495 e. The lowest BCUT2D eigenvalue weighted by Gasteiger charge is -2.18. The molecule has 1 fully saturated rings. The van der Waals surface area contributed by atoms with Gasteiger partial charge in [0.15, 0.2) is 6.10 Å². The molecule has 1 saturated heterocycles. The zero-order valence-corrected chi connectivity index (χ0v) is 17.6. The first kappa shape index (κ1) is 22.7. The summed E-state index contributed by atoms with van der Waals surface area (Å²) in [6.45, 7) is 1.99. The fourth-order valence-corrected chi connectivity index (χ4v) is 3.35. The molecular formula is C22H23N3O7. The number of methoxy groups -OCH3 is 1. The summed E-state index contributed by atoms with van der Waals surface area (Å²) in [5.74, 6) is -1.94. The van der Waals surface area contributed by atoms with E-state index in [2.05, 4.69) is 5.32 Å². The molecule has 1 aliphatic rings. The average Bonchev–Trinajstić information content (AvgIpc) is 3.14. The van der Waals surface area contributed by atoms with Crippen LogP contribution in [-0.4, -0.2) is 47.4 Å². The third-order valence-electron chi connectivity index (χ3n) is 5.08. The van der Waals surface area contributed by atoms with Gasteiger partial charge in [0.1, 0.15) is 5.75 Å². The predicted molar refractivity (Wildman–Crippen MR) is 114 cm³/mol. The highest BCUT2D eigenvalue weighted by Crippen LogP contribution is 2.29. The molecule has 2 aromatic carbocycles. The molecule has 0 saturated carbocycles. The van der Waals surface area contributed by atoms with Crippen LogP contribution in [0.15, 0.2) is 48.5 Å². The lowest BCUT2D eigenvalue weighted by Crippen LogP contribution is -2.33. The Morgan fingerprint density at radius 2 is 1.97 bits per heavy atom. The molecule has 1 heterocycles. The van der Waals surface area contributed by atoms with Gasteiger partial charge in [-0.05, 0) is 18.6 Å². The summed E-state index contributed by atoms with van der Waals surface area (Å²) in [5.41, 5.74) is 0.807. The fraction of sp³-hybridized carbons (Fsp3) is 0.318. The molecule has 10 nitrogen and oxygen atoms in total. The second-order valence-electron chi connectivity index (χ2n) is 7.37. The molecule has 1 aliphatic heterocycles. The molecular weight excluding hydrogens is 418 g/mol. The lowest BCUT2D eigenvalue weighted by molar-refractivity contribution is -0.384. The van der Waals surface area contributed by atoms with Crippen molar-refractivity contribution in [1.82, 2.24) is 4.90 Å². The molecule has 3 rings (SSSR count). The molecule has 0 aromatic heterocycles. The van der Waals surface area contributed by atoms with Crippen LogP contribution in [0.1, 0.15) is 18.9 Å². The SMILES string of the molecule is COc1ccc([N+](=O)[O-])cc1NC(=O)[C@H](C)OC(=O)[C@H]1CC(=O)N(Cc2ccccc2)C1. The number of carbonyl (C=O) groups is 3. The van der Waals surface area contributed by atoms with Crippen LogP contribution >= 0.6 is 0 Å². The zero-order chi connectivity index (χ0) is 23.3. The fourth-order valence-electron chi connectivity index (χ4n) is 3.35. The molecule has 168 valence electrons. The van der Waals surface area contributed by atoms with Crippen molar-refractivity contribution in [1.29, 1.82) is 0 Å². The average molecular weight is 441 g/mol. The number of non-ortho nitro benzene ring substituents is 1. The van der Waals surface area contributed by atoms with Crippen LogP contribution < -0.4 is 10.1 Å². The van der Waals surface area contributed by atoms with Gasteiger partial charge in [-0.25, -0.2) is 0 Å². The van der Waals surface area contributed by atoms with Crippen molar-refractivity contribution in [3.63, 3.8) is 0 Å². The van der Waals surface area contributed by atoms with E-state index in [0.717, 1.165) is 11.6 Å². The van der Waals surface area contributed by atoms with Crippen LogP contribution in [0.2, 0.25) is 0 Å². The van der Waals surface area contributed by atoms with Gasteiger partial charge in [-0.15, -0.1) is 0 Å². The topological polar surface area (TPSA) is 128 Å². The molecule has 10 heteroatoms. The molecule has 0 radical (unpaired) electrons. The van der Waals surface area contributed by atoms with Crippen LogP contribution in [0.3, 0.4) is 0 Å². The Labute approximate surface area is 184 Å². The van der Waals surface area contributed by atoms with E-state index >= 15 is 0 Å². The summed E-state index contributed by atoms with van der Waals surface area (Å²) in [6.07, 6.45) is -1.16. The van der Waals surface area contributed by atoms with E-state index in [1.165, 1.54) is 26.2 Å². The Bertz CT molecular complexity index is 1030. The second kappa shape index (κ2) is 9.90. The second-order valence-corrected chi connectivity index (χ2v) is 7.37. The summed E-state index contributed by atoms with van der Waals surface area (Å²) in [6, 6.07) is 13.2. The monoisotopic (exact) mass is 441 g/mol. The third-order valence-corrected chi connectivity index (χ3v) is 5.08. The molecule has 0 bridgehead atoms. The van der Waals surface area contributed by atoms with Gasteiger partial charge in [0.05, 0.1) is 23.6 Å². The van der Waals surface area contributed by atoms with Crippen molar-refractivity contribution < 1.29 is 28.8 Å². The summed E-state index contributed by atoms with van der Waals surface area (Å²) in [5, 5.41) is 13.5. The van der Waals surface area contributed by atoms with Gasteiger partial charge in [-0.1, -0.05) is 30.3 Å². The third kappa shape index (κ3) is 5.39. The van der Waals surface area contributed by atoms with E-state index in [4.69, 9.17) is 9.47 Å². The minimum atomic E-state index is -1.18. The van der Waals surface area contributed by atoms with Crippen molar-refractivity contribution in [2.45, 2.75) is 26.0 Å². The van der Waals surface area contributed by atoms with Crippen molar-refractivity contribution in [3.05, 3.63) is 64.2 Å². The highest BCUT2D eigenvalue weighted by molar-refractivity contribution is 5.97. The number of esters is 1. The number of ether oxygens (including phenoxy) is 2. The minimum Gasteiger partial charge on any atom is -0.495 e. The van der Waals surface area contributed by atoms with Crippen molar-refractivity contribution in [3.8, 4) is 5.75 Å². The molecule has 32 heavy (non-hydrogen) atoms. The number of likely N-dealkylation sites (tertiary alicyclic amines) is 1. The van der Waals surface area contributed by atoms with Gasteiger partial charge >= 0.3 is 5.97 Å². The molecule has 0 aliphatic carbocycles. The smallest absolute Gasteiger partial charge is 0.312 e. The zero-order valence-electron chi connectivity index (χ0n) is 17.6. The number of rotatable bonds is 8. The minimum absolute atomic E-state index is 0.0126. The Balaban J connectivity index is 1.58. The molecule has 1 N–H and O–H groups in total. The van der Waals surface area contributed by atoms with Crippen LogP contribution in [0.25, 0.3) is 0 Å². The van der Waals surface area contributed by atoms with Crippen LogP contribution in [0, 0.1) is 16.0 Å². The number of nitro groups is 1. The number of carbonyl (C=O) groups excluding carboxylic acids is 3. The first-order chi connectivity index (χ1) is 15.3. The summed E-state index contributed by atoms with van der Waals surface area (Å²) < 4.78 is 10.4. The lowest BCUT2D eigenvalue weighted by atomic mass is 10.1. The van der Waals surface area contributed by atoms with E-state index in [9.17, 15) is 24.5 Å². The Morgan fingerprint density at radius 1 is 1.25 bits per heavy atom. The van der Waals surface area contributed by atoms with Gasteiger partial charge in [0.2, 0.25) is 5.91 Å². The molecule has 2 amide bonds. The molecule has 2 aromatic rings. The van der Waals surface area contributed by atoms with Crippen molar-refractivity contribution in [2.75, 3.05) is 19.0 Å². The number of nitro benzene ring substituents is 1. The number of hydrogen-bond acceptors (Lipinski definition) is 7. The number of amides is 2. The number of nitrogens with zero attached hydrogens (tertiary/aromatic N) is 2. The highest BCUT2D eigenvalue weighted by Gasteiger charge is 2.36. The number of hydrogen-bond donors (Lipinski definition) is 1. The number of anilines is 1. The maximum Gasteiger partial charge on any atom is 0.312 e. The summed E-state index contributed by atoms with van der Waals surface area (Å²) >= 11 is 0. The van der Waals surface area contributed by atoms with E-state index < -0.39 is 28.8 Å². The quantitative estimate of drug-likeness (QED) is 0.379. The standard InChI is InChI=1S/C22H23N3O7/c1-14(21(27)23-18-11-17(25(29)30)8-9-19(18)31-2)32-22(28)16-10-20(26)24(13-16)12-15-6-4-3-5-7-15/h3-9,11,14,16H,10,12-13H2,1-2H3,(H,23,27)/t14-,16-/m0/s1. The van der Waals surface area contributed by atoms with Crippen LogP contribution in [0.5, 0.6) is 5.75 Å². The van der Waals surface area contributed by atoms with Crippen LogP contribution in [0.4, 0.5) is 11.4 Å². The van der Waals surface area contributed by atoms with E-state index in [1.807, 2.05) is 30.3 Å². The predicted octanol–water partition coefficient (Wildman–Crippen LogP) is 2.52. The van der Waals surface area contributed by atoms with Gasteiger partial charge in [-0.2, -0.15) is 0 Å². The van der Waals surface area contributed by atoms with Gasteiger partial charge in [-0.3, -0.25) is 24.5 Å². The maximum atomic E-state index is 12.5. The van der Waals surface area contributed by atoms with Gasteiger partial charge in [0.25, 0.3) is 11.6 Å². The number of nitrogens with one attached hydrogen (secondary N) is 1. The molecule has 0 spiro atoms. The maximum absolute atomic E-state index is 12.5. The molecule has 0 unspecified atom stereocenters. The summed E-state index contributed by atoms with van der Waals surface area (Å²) in [4.78, 5) is 49.3. The Hall–Kier alpha value is -3.95. The van der Waals surface area contributed by atoms with E-state index in [-0.39, 0.29) is 36.0 Å². The highest BCUT2D eigenvalue weighted by atomic mass is 16.6. The van der Waals surface area contributed by atoms with E-state index in [0.29, 0.717) is 6.54 Å². The van der Waals surface area contributed by atoms with Gasteiger partial charge in [0, 0.05) is 31.6 Å². The van der Waals surface area contributed by atoms with E-state index in [1.54, 1.807) is 4.90 Å². The Kier molecular flexibility index (Phi) is 7.04. The normalized spacial score (nSPS) is 16.4. The van der Waals surface area contributed by atoms with Crippen molar-refractivity contribution >= 4 is 29.2 Å². The Morgan fingerprint density at radius 3 is 2.62 bits per heavy atom. The van der Waals surface area contributed by atoms with Crippen LogP contribution in [-0.2, 0) is 25.7 Å².